The minimum absolute atomic E-state index is 0.145. The molecule has 0 aromatic heterocycles. The number of aryl methyl sites for hydroxylation is 1. The second-order valence-electron chi connectivity index (χ2n) is 6.03. The lowest BCUT2D eigenvalue weighted by Gasteiger charge is -2.27. The predicted octanol–water partition coefficient (Wildman–Crippen LogP) is 0.0848. The van der Waals surface area contributed by atoms with E-state index >= 15 is 0 Å². The van der Waals surface area contributed by atoms with Crippen molar-refractivity contribution in [1.82, 2.24) is 10.0 Å². The Bertz CT molecular complexity index is 857. The number of aromatic hydroxyl groups is 1. The average Bonchev–Trinajstić information content (AvgIpc) is 2.78. The molecule has 2 amide bonds. The number of anilines is 1. The minimum Gasteiger partial charge on any atom is -0.506 e. The molecule has 1 aliphatic heterocycles. The monoisotopic (exact) mass is 373 g/mol. The highest BCUT2D eigenvalue weighted by Gasteiger charge is 2.39. The van der Waals surface area contributed by atoms with E-state index in [0.717, 1.165) is 0 Å². The number of rotatable bonds is 3. The molecular formula is C14H16FN3O6S. The zero-order valence-electron chi connectivity index (χ0n) is 13.0. The van der Waals surface area contributed by atoms with E-state index in [4.69, 9.17) is 5.11 Å². The number of hydrogen-bond acceptors (Lipinski definition) is 5. The predicted molar refractivity (Wildman–Crippen MR) is 84.0 cm³/mol. The Hall–Kier alpha value is -2.56. The van der Waals surface area contributed by atoms with E-state index in [-0.39, 0.29) is 24.4 Å². The second kappa shape index (κ2) is 6.06. The molecule has 25 heavy (non-hydrogen) atoms. The minimum atomic E-state index is -4.25. The maximum Gasteiger partial charge on any atom is 0.404 e. The number of phenolic OH excluding ortho intramolecular Hbond substituents is 1. The molecule has 1 saturated heterocycles. The number of halogens is 1. The zero-order chi connectivity index (χ0) is 18.4. The van der Waals surface area contributed by atoms with Crippen LogP contribution in [0.3, 0.4) is 0 Å². The van der Waals surface area contributed by atoms with E-state index in [2.05, 4.69) is 5.32 Å². The highest BCUT2D eigenvalue weighted by Crippen LogP contribution is 2.40. The summed E-state index contributed by atoms with van der Waals surface area (Å²) in [5.74, 6) is -2.43. The Morgan fingerprint density at radius 2 is 2.20 bits per heavy atom. The van der Waals surface area contributed by atoms with Gasteiger partial charge in [0, 0.05) is 6.54 Å². The van der Waals surface area contributed by atoms with Crippen LogP contribution in [0.1, 0.15) is 17.5 Å². The van der Waals surface area contributed by atoms with Crippen molar-refractivity contribution in [2.24, 2.45) is 5.92 Å². The van der Waals surface area contributed by atoms with E-state index in [1.54, 1.807) is 4.72 Å². The van der Waals surface area contributed by atoms with E-state index in [1.807, 2.05) is 0 Å². The quantitative estimate of drug-likeness (QED) is 0.593. The van der Waals surface area contributed by atoms with Gasteiger partial charge in [-0.25, -0.2) is 18.2 Å². The Labute approximate surface area is 142 Å². The second-order valence-corrected chi connectivity index (χ2v) is 7.62. The first kappa shape index (κ1) is 17.3. The van der Waals surface area contributed by atoms with Crippen LogP contribution < -0.4 is 14.3 Å². The summed E-state index contributed by atoms with van der Waals surface area (Å²) in [6, 6.07) is 1.30. The molecule has 3 rings (SSSR count). The lowest BCUT2D eigenvalue weighted by molar-refractivity contribution is -0.117. The molecule has 0 saturated carbocycles. The smallest absolute Gasteiger partial charge is 0.404 e. The van der Waals surface area contributed by atoms with Crippen molar-refractivity contribution in [3.05, 3.63) is 23.0 Å². The van der Waals surface area contributed by atoms with E-state index in [9.17, 15) is 27.5 Å². The molecule has 0 unspecified atom stereocenters. The summed E-state index contributed by atoms with van der Waals surface area (Å²) in [5, 5.41) is 21.0. The van der Waals surface area contributed by atoms with Crippen LogP contribution in [0.2, 0.25) is 0 Å². The van der Waals surface area contributed by atoms with E-state index < -0.39 is 46.0 Å². The van der Waals surface area contributed by atoms with Gasteiger partial charge in [-0.2, -0.15) is 8.42 Å². The fourth-order valence-corrected chi connectivity index (χ4v) is 4.36. The number of nitrogens with one attached hydrogen (secondary N) is 2. The summed E-state index contributed by atoms with van der Waals surface area (Å²) in [6.07, 6.45) is 0.0542. The van der Waals surface area contributed by atoms with Gasteiger partial charge in [0.25, 0.3) is 5.91 Å². The maximum absolute atomic E-state index is 15.0. The molecule has 1 fully saturated rings. The fourth-order valence-electron chi connectivity index (χ4n) is 3.20. The number of hydrogen-bond donors (Lipinski definition) is 4. The van der Waals surface area contributed by atoms with Gasteiger partial charge in [-0.3, -0.25) is 4.79 Å². The van der Waals surface area contributed by atoms with Crippen molar-refractivity contribution in [2.45, 2.75) is 19.3 Å². The summed E-state index contributed by atoms with van der Waals surface area (Å²) in [7, 11) is -4.25. The number of phenols is 1. The first-order valence-electron chi connectivity index (χ1n) is 7.52. The van der Waals surface area contributed by atoms with Crippen LogP contribution in [0.4, 0.5) is 14.9 Å². The van der Waals surface area contributed by atoms with Crippen molar-refractivity contribution >= 4 is 27.9 Å². The molecule has 0 bridgehead atoms. The van der Waals surface area contributed by atoms with Crippen LogP contribution in [0.25, 0.3) is 0 Å². The molecule has 0 radical (unpaired) electrons. The largest absolute Gasteiger partial charge is 0.506 e. The molecule has 136 valence electrons. The Kier molecular flexibility index (Phi) is 4.19. The van der Waals surface area contributed by atoms with Crippen LogP contribution >= 0.6 is 0 Å². The van der Waals surface area contributed by atoms with E-state index in [0.29, 0.717) is 22.7 Å². The van der Waals surface area contributed by atoms with Crippen molar-refractivity contribution < 1.29 is 32.6 Å². The van der Waals surface area contributed by atoms with Gasteiger partial charge in [-0.05, 0) is 42.4 Å². The number of amides is 2. The Balaban J connectivity index is 1.97. The number of carbonyl (C=O) groups excluding carboxylic acids is 1. The van der Waals surface area contributed by atoms with Crippen LogP contribution in [0, 0.1) is 11.7 Å². The molecule has 2 aliphatic rings. The maximum atomic E-state index is 15.0. The van der Waals surface area contributed by atoms with Crippen LogP contribution in [0.15, 0.2) is 6.07 Å². The molecule has 9 nitrogen and oxygen atoms in total. The van der Waals surface area contributed by atoms with Gasteiger partial charge >= 0.3 is 16.3 Å². The zero-order valence-corrected chi connectivity index (χ0v) is 13.8. The summed E-state index contributed by atoms with van der Waals surface area (Å²) >= 11 is 0. The SMILES string of the molecule is O=C(O)NC[C@@H]1CCc2cc(O)c(N3CC(=O)NS3(=O)=O)c(F)c2C1. The lowest BCUT2D eigenvalue weighted by atomic mass is 9.83. The normalized spacial score (nSPS) is 21.6. The molecule has 11 heteroatoms. The number of nitrogens with zero attached hydrogens (tertiary/aromatic N) is 1. The van der Waals surface area contributed by atoms with Crippen molar-refractivity contribution in [3.8, 4) is 5.75 Å². The van der Waals surface area contributed by atoms with Gasteiger partial charge in [0.2, 0.25) is 0 Å². The molecule has 4 N–H and O–H groups in total. The van der Waals surface area contributed by atoms with Gasteiger partial charge in [-0.1, -0.05) is 0 Å². The third-order valence-corrected chi connectivity index (χ3v) is 5.72. The van der Waals surface area contributed by atoms with Gasteiger partial charge in [-0.15, -0.1) is 0 Å². The first-order chi connectivity index (χ1) is 11.7. The molecule has 1 aliphatic carbocycles. The molecule has 1 aromatic carbocycles. The third-order valence-electron chi connectivity index (χ3n) is 4.34. The molecule has 1 heterocycles. The molecule has 1 atom stereocenters. The summed E-state index contributed by atoms with van der Waals surface area (Å²) in [6.45, 7) is -0.470. The number of fused-ring (bicyclic) bond motifs is 1. The Morgan fingerprint density at radius 3 is 2.80 bits per heavy atom. The van der Waals surface area contributed by atoms with Crippen molar-refractivity contribution in [3.63, 3.8) is 0 Å². The van der Waals surface area contributed by atoms with Gasteiger partial charge in [0.1, 0.15) is 18.0 Å². The first-order valence-corrected chi connectivity index (χ1v) is 8.96. The summed E-state index contributed by atoms with van der Waals surface area (Å²) < 4.78 is 41.0. The lowest BCUT2D eigenvalue weighted by Crippen LogP contribution is -2.32. The molecule has 1 aromatic rings. The standard InChI is InChI=1S/C14H16FN3O6S/c15-12-9-3-7(5-16-14(21)22)1-2-8(9)4-10(19)13(12)18-6-11(20)17-25(18,23)24/h4,7,16,19H,1-3,5-6H2,(H,17,20)(H,21,22)/t7-/m1/s1. The summed E-state index contributed by atoms with van der Waals surface area (Å²) in [5.41, 5.74) is 0.205. The van der Waals surface area contributed by atoms with Gasteiger partial charge in [0.15, 0.2) is 5.82 Å². The highest BCUT2D eigenvalue weighted by molar-refractivity contribution is 7.92. The van der Waals surface area contributed by atoms with Crippen molar-refractivity contribution in [2.75, 3.05) is 17.4 Å². The van der Waals surface area contributed by atoms with Gasteiger partial charge < -0.3 is 15.5 Å². The number of benzene rings is 1. The third kappa shape index (κ3) is 3.18. The van der Waals surface area contributed by atoms with Crippen molar-refractivity contribution in [1.29, 1.82) is 0 Å². The highest BCUT2D eigenvalue weighted by atomic mass is 32.2. The number of carboxylic acid groups (broad SMARTS) is 1. The molecule has 0 spiro atoms. The van der Waals surface area contributed by atoms with Crippen LogP contribution in [-0.2, 0) is 27.8 Å². The fraction of sp³-hybridized carbons (Fsp3) is 0.429. The number of carbonyl (C=O) groups is 2. The van der Waals surface area contributed by atoms with Crippen LogP contribution in [-0.4, -0.2) is 43.7 Å². The van der Waals surface area contributed by atoms with Crippen LogP contribution in [0.5, 0.6) is 5.75 Å². The average molecular weight is 373 g/mol. The van der Waals surface area contributed by atoms with Gasteiger partial charge in [0.05, 0.1) is 0 Å². The molecular weight excluding hydrogens is 357 g/mol. The Morgan fingerprint density at radius 1 is 1.48 bits per heavy atom. The topological polar surface area (TPSA) is 136 Å². The summed E-state index contributed by atoms with van der Waals surface area (Å²) in [4.78, 5) is 22.0. The van der Waals surface area contributed by atoms with E-state index in [1.165, 1.54) is 6.07 Å².